The molecule has 1 rings (SSSR count). The Morgan fingerprint density at radius 1 is 1.31 bits per heavy atom. The Morgan fingerprint density at radius 2 is 2.00 bits per heavy atom. The monoisotopic (exact) mass is 366 g/mol. The minimum absolute atomic E-state index is 0.0869. The number of para-hydroxylation sites is 1. The highest BCUT2D eigenvalue weighted by molar-refractivity contribution is 5.81. The molecule has 0 aliphatic carbocycles. The molecule has 1 amide bonds. The number of carbonyl (C=O) groups excluding carboxylic acids is 2. The highest BCUT2D eigenvalue weighted by Gasteiger charge is 2.23. The molecule has 8 heteroatoms. The topological polar surface area (TPSA) is 99.0 Å². The van der Waals surface area contributed by atoms with Crippen molar-refractivity contribution in [2.75, 3.05) is 33.4 Å². The molecule has 1 aromatic rings. The molecular formula is C18H26N2O6. The number of carbonyl (C=O) groups is 2. The summed E-state index contributed by atoms with van der Waals surface area (Å²) in [5, 5.41) is 11.1. The van der Waals surface area contributed by atoms with Crippen LogP contribution in [-0.2, 0) is 25.5 Å². The Morgan fingerprint density at radius 3 is 2.62 bits per heavy atom. The number of benzene rings is 1. The summed E-state index contributed by atoms with van der Waals surface area (Å²) in [5.41, 5.74) is 0.263. The lowest BCUT2D eigenvalue weighted by molar-refractivity contribution is -0.385. The molecule has 0 spiro atoms. The number of ether oxygens (including phenoxy) is 2. The lowest BCUT2D eigenvalue weighted by Gasteiger charge is -2.25. The van der Waals surface area contributed by atoms with Gasteiger partial charge in [0.15, 0.2) is 0 Å². The number of nitro groups is 1. The summed E-state index contributed by atoms with van der Waals surface area (Å²) in [5.74, 6) is -1.16. The van der Waals surface area contributed by atoms with Crippen LogP contribution in [0.1, 0.15) is 25.8 Å². The number of rotatable bonds is 11. The number of hydrogen-bond acceptors (Lipinski definition) is 6. The summed E-state index contributed by atoms with van der Waals surface area (Å²) in [6.07, 6.45) is 0.518. The lowest BCUT2D eigenvalue weighted by Crippen LogP contribution is -2.39. The number of amides is 1. The van der Waals surface area contributed by atoms with E-state index in [1.165, 1.54) is 18.1 Å². The third-order valence-electron chi connectivity index (χ3n) is 3.90. The van der Waals surface area contributed by atoms with Crippen LogP contribution >= 0.6 is 0 Å². The molecule has 26 heavy (non-hydrogen) atoms. The van der Waals surface area contributed by atoms with E-state index in [0.717, 1.165) is 0 Å². The average molecular weight is 366 g/mol. The number of esters is 1. The molecule has 0 N–H and O–H groups in total. The maximum atomic E-state index is 12.7. The number of nitro benzene ring substituents is 1. The minimum atomic E-state index is -0.501. The van der Waals surface area contributed by atoms with Gasteiger partial charge in [-0.05, 0) is 13.3 Å². The predicted molar refractivity (Wildman–Crippen MR) is 95.7 cm³/mol. The molecule has 0 aliphatic heterocycles. The SMILES string of the molecule is CCOCCCN(CC(C)C(=O)OC)C(=O)Cc1ccccc1[N+](=O)[O-]. The molecule has 1 aromatic carbocycles. The first-order chi connectivity index (χ1) is 12.4. The van der Waals surface area contributed by atoms with Crippen LogP contribution in [-0.4, -0.2) is 55.1 Å². The van der Waals surface area contributed by atoms with Gasteiger partial charge in [0.25, 0.3) is 5.69 Å². The Labute approximate surface area is 153 Å². The van der Waals surface area contributed by atoms with E-state index in [9.17, 15) is 19.7 Å². The summed E-state index contributed by atoms with van der Waals surface area (Å²) in [4.78, 5) is 36.5. The van der Waals surface area contributed by atoms with Crippen molar-refractivity contribution in [3.8, 4) is 0 Å². The van der Waals surface area contributed by atoms with Crippen LogP contribution in [0.25, 0.3) is 0 Å². The Balaban J connectivity index is 2.85. The Hall–Kier alpha value is -2.48. The van der Waals surface area contributed by atoms with Crippen molar-refractivity contribution in [2.45, 2.75) is 26.7 Å². The third-order valence-corrected chi connectivity index (χ3v) is 3.90. The number of methoxy groups -OCH3 is 1. The largest absolute Gasteiger partial charge is 0.469 e. The van der Waals surface area contributed by atoms with Crippen LogP contribution in [0.3, 0.4) is 0 Å². The van der Waals surface area contributed by atoms with Crippen molar-refractivity contribution < 1.29 is 24.0 Å². The van der Waals surface area contributed by atoms with Gasteiger partial charge in [0.2, 0.25) is 5.91 Å². The number of nitrogens with zero attached hydrogens (tertiary/aromatic N) is 2. The fraction of sp³-hybridized carbons (Fsp3) is 0.556. The van der Waals surface area contributed by atoms with Crippen molar-refractivity contribution in [3.63, 3.8) is 0 Å². The van der Waals surface area contributed by atoms with Gasteiger partial charge < -0.3 is 14.4 Å². The van der Waals surface area contributed by atoms with E-state index in [4.69, 9.17) is 9.47 Å². The molecular weight excluding hydrogens is 340 g/mol. The first kappa shape index (κ1) is 21.6. The van der Waals surface area contributed by atoms with Gasteiger partial charge in [-0.15, -0.1) is 0 Å². The van der Waals surface area contributed by atoms with Gasteiger partial charge >= 0.3 is 5.97 Å². The number of hydrogen-bond donors (Lipinski definition) is 0. The van der Waals surface area contributed by atoms with Crippen molar-refractivity contribution in [2.24, 2.45) is 5.92 Å². The van der Waals surface area contributed by atoms with E-state index in [0.29, 0.717) is 31.7 Å². The Kier molecular flexibility index (Phi) is 9.29. The summed E-state index contributed by atoms with van der Waals surface area (Å²) in [6.45, 7) is 5.25. The lowest BCUT2D eigenvalue weighted by atomic mass is 10.1. The second kappa shape index (κ2) is 11.2. The average Bonchev–Trinajstić information content (AvgIpc) is 2.63. The van der Waals surface area contributed by atoms with E-state index in [1.54, 1.807) is 25.1 Å². The highest BCUT2D eigenvalue weighted by Crippen LogP contribution is 2.19. The van der Waals surface area contributed by atoms with E-state index in [2.05, 4.69) is 0 Å². The van der Waals surface area contributed by atoms with Gasteiger partial charge in [-0.2, -0.15) is 0 Å². The predicted octanol–water partition coefficient (Wildman–Crippen LogP) is 2.20. The third kappa shape index (κ3) is 6.79. The van der Waals surface area contributed by atoms with E-state index >= 15 is 0 Å². The van der Waals surface area contributed by atoms with Crippen LogP contribution in [0.5, 0.6) is 0 Å². The van der Waals surface area contributed by atoms with Crippen molar-refractivity contribution >= 4 is 17.6 Å². The fourth-order valence-corrected chi connectivity index (χ4v) is 2.54. The second-order valence-corrected chi connectivity index (χ2v) is 5.88. The molecule has 0 radical (unpaired) electrons. The minimum Gasteiger partial charge on any atom is -0.469 e. The van der Waals surface area contributed by atoms with E-state index in [1.807, 2.05) is 6.92 Å². The second-order valence-electron chi connectivity index (χ2n) is 5.88. The maximum Gasteiger partial charge on any atom is 0.310 e. The molecule has 0 aromatic heterocycles. The van der Waals surface area contributed by atoms with Crippen LogP contribution in [0, 0.1) is 16.0 Å². The van der Waals surface area contributed by atoms with Gasteiger partial charge in [0, 0.05) is 37.9 Å². The molecule has 0 saturated heterocycles. The quantitative estimate of drug-likeness (QED) is 0.258. The zero-order valence-corrected chi connectivity index (χ0v) is 15.5. The maximum absolute atomic E-state index is 12.7. The van der Waals surface area contributed by atoms with Gasteiger partial charge in [-0.1, -0.05) is 25.1 Å². The molecule has 0 fully saturated rings. The van der Waals surface area contributed by atoms with Crippen LogP contribution in [0.15, 0.2) is 24.3 Å². The molecule has 1 atom stereocenters. The van der Waals surface area contributed by atoms with Crippen LogP contribution < -0.4 is 0 Å². The standard InChI is InChI=1S/C18H26N2O6/c1-4-26-11-7-10-19(13-14(2)18(22)25-3)17(21)12-15-8-5-6-9-16(15)20(23)24/h5-6,8-9,14H,4,7,10-13H2,1-3H3. The van der Waals surface area contributed by atoms with Crippen molar-refractivity contribution in [1.82, 2.24) is 4.90 Å². The molecule has 144 valence electrons. The molecule has 0 heterocycles. The van der Waals surface area contributed by atoms with Gasteiger partial charge in [-0.3, -0.25) is 19.7 Å². The first-order valence-corrected chi connectivity index (χ1v) is 8.56. The zero-order chi connectivity index (χ0) is 19.5. The fourth-order valence-electron chi connectivity index (χ4n) is 2.54. The molecule has 0 aliphatic rings. The molecule has 8 nitrogen and oxygen atoms in total. The van der Waals surface area contributed by atoms with Gasteiger partial charge in [-0.25, -0.2) is 0 Å². The van der Waals surface area contributed by atoms with Crippen molar-refractivity contribution in [1.29, 1.82) is 0 Å². The van der Waals surface area contributed by atoms with Crippen LogP contribution in [0.4, 0.5) is 5.69 Å². The van der Waals surface area contributed by atoms with Gasteiger partial charge in [0.1, 0.15) is 0 Å². The van der Waals surface area contributed by atoms with Gasteiger partial charge in [0.05, 0.1) is 24.4 Å². The van der Waals surface area contributed by atoms with Crippen molar-refractivity contribution in [3.05, 3.63) is 39.9 Å². The molecule has 1 unspecified atom stereocenters. The highest BCUT2D eigenvalue weighted by atomic mass is 16.6. The zero-order valence-electron chi connectivity index (χ0n) is 15.5. The Bertz CT molecular complexity index is 619. The first-order valence-electron chi connectivity index (χ1n) is 8.56. The summed E-state index contributed by atoms with van der Waals surface area (Å²) in [6, 6.07) is 6.16. The van der Waals surface area contributed by atoms with Crippen LogP contribution in [0.2, 0.25) is 0 Å². The smallest absolute Gasteiger partial charge is 0.310 e. The molecule has 0 bridgehead atoms. The molecule has 0 saturated carbocycles. The summed E-state index contributed by atoms with van der Waals surface area (Å²) < 4.78 is 10.0. The normalized spacial score (nSPS) is 11.7. The van der Waals surface area contributed by atoms with E-state index < -0.39 is 16.8 Å². The summed E-state index contributed by atoms with van der Waals surface area (Å²) >= 11 is 0. The summed E-state index contributed by atoms with van der Waals surface area (Å²) in [7, 11) is 1.30. The van der Waals surface area contributed by atoms with E-state index in [-0.39, 0.29) is 24.6 Å².